The van der Waals surface area contributed by atoms with Crippen LogP contribution in [0.1, 0.15) is 22.3 Å². The van der Waals surface area contributed by atoms with E-state index in [-0.39, 0.29) is 5.56 Å². The zero-order chi connectivity index (χ0) is 19.2. The number of aromatic nitrogens is 2. The average molecular weight is 383 g/mol. The van der Waals surface area contributed by atoms with Crippen molar-refractivity contribution in [1.29, 1.82) is 0 Å². The molecular weight excluding hydrogens is 362 g/mol. The highest BCUT2D eigenvalue weighted by Gasteiger charge is 2.11. The van der Waals surface area contributed by atoms with Crippen molar-refractivity contribution in [2.45, 2.75) is 23.9 Å². The molecule has 0 unspecified atom stereocenters. The fraction of sp³-hybridized carbons (Fsp3) is 0.250. The van der Waals surface area contributed by atoms with E-state index in [9.17, 15) is 9.59 Å². The number of hydrogen-bond donors (Lipinski definition) is 1. The number of fused-ring (bicyclic) bond motifs is 1. The van der Waals surface area contributed by atoms with Gasteiger partial charge in [-0.05, 0) is 36.2 Å². The van der Waals surface area contributed by atoms with Crippen molar-refractivity contribution < 1.29 is 9.53 Å². The van der Waals surface area contributed by atoms with E-state index in [0.717, 1.165) is 12.0 Å². The molecule has 1 amide bonds. The Balaban J connectivity index is 1.88. The summed E-state index contributed by atoms with van der Waals surface area (Å²) in [6.07, 6.45) is 0.733. The third kappa shape index (κ3) is 4.56. The molecule has 0 fully saturated rings. The van der Waals surface area contributed by atoms with Crippen molar-refractivity contribution in [2.75, 3.05) is 13.7 Å². The third-order valence-corrected chi connectivity index (χ3v) is 5.21. The minimum absolute atomic E-state index is 0.0386. The molecule has 3 rings (SSSR count). The summed E-state index contributed by atoms with van der Waals surface area (Å²) >= 11 is 1.50. The number of nitrogens with zero attached hydrogens (tertiary/aromatic N) is 2. The number of carbonyl (C=O) groups excluding carboxylic acids is 1. The molecule has 0 saturated carbocycles. The molecule has 6 nitrogen and oxygen atoms in total. The maximum absolute atomic E-state index is 12.9. The van der Waals surface area contributed by atoms with E-state index in [1.54, 1.807) is 29.9 Å². The SMILES string of the molecule is COCCCn1c(SCc2ccc(C(N)=O)cc2)nc2ccccc2c1=O. The first-order valence-corrected chi connectivity index (χ1v) is 9.59. The molecule has 3 aromatic rings. The Hall–Kier alpha value is -2.64. The van der Waals surface area contributed by atoms with E-state index in [2.05, 4.69) is 4.98 Å². The van der Waals surface area contributed by atoms with Crippen LogP contribution in [-0.4, -0.2) is 29.2 Å². The fourth-order valence-electron chi connectivity index (χ4n) is 2.74. The summed E-state index contributed by atoms with van der Waals surface area (Å²) < 4.78 is 6.82. The number of benzene rings is 2. The second-order valence-corrected chi connectivity index (χ2v) is 7.01. The van der Waals surface area contributed by atoms with Crippen LogP contribution in [0.3, 0.4) is 0 Å². The Bertz CT molecular complexity index is 1000. The highest BCUT2D eigenvalue weighted by Crippen LogP contribution is 2.22. The molecule has 27 heavy (non-hydrogen) atoms. The zero-order valence-electron chi connectivity index (χ0n) is 15.1. The predicted octanol–water partition coefficient (Wildman–Crippen LogP) is 2.82. The lowest BCUT2D eigenvalue weighted by molar-refractivity contribution is 0.100. The Morgan fingerprint density at radius 2 is 1.93 bits per heavy atom. The number of nitrogens with two attached hydrogens (primary N) is 1. The molecule has 2 aromatic carbocycles. The molecule has 0 radical (unpaired) electrons. The van der Waals surface area contributed by atoms with E-state index >= 15 is 0 Å². The molecule has 0 atom stereocenters. The number of thioether (sulfide) groups is 1. The maximum atomic E-state index is 12.9. The van der Waals surface area contributed by atoms with Gasteiger partial charge in [0.15, 0.2) is 5.16 Å². The lowest BCUT2D eigenvalue weighted by Gasteiger charge is -2.13. The Kier molecular flexibility index (Phi) is 6.26. The number of para-hydroxylation sites is 1. The van der Waals surface area contributed by atoms with Crippen molar-refractivity contribution in [3.05, 3.63) is 70.0 Å². The van der Waals surface area contributed by atoms with Crippen LogP contribution in [0.15, 0.2) is 58.5 Å². The Morgan fingerprint density at radius 1 is 1.19 bits per heavy atom. The molecule has 1 aromatic heterocycles. The number of carbonyl (C=O) groups is 1. The van der Waals surface area contributed by atoms with Gasteiger partial charge in [0, 0.05) is 31.6 Å². The molecular formula is C20H21N3O3S. The molecule has 0 aliphatic heterocycles. The van der Waals surface area contributed by atoms with Gasteiger partial charge in [-0.25, -0.2) is 4.98 Å². The molecule has 0 aliphatic rings. The molecule has 140 valence electrons. The molecule has 0 bridgehead atoms. The van der Waals surface area contributed by atoms with Gasteiger partial charge in [0.1, 0.15) is 0 Å². The number of rotatable bonds is 8. The highest BCUT2D eigenvalue weighted by molar-refractivity contribution is 7.98. The van der Waals surface area contributed by atoms with Crippen LogP contribution in [0.4, 0.5) is 0 Å². The molecule has 0 saturated heterocycles. The van der Waals surface area contributed by atoms with Crippen LogP contribution in [-0.2, 0) is 17.0 Å². The predicted molar refractivity (Wildman–Crippen MR) is 107 cm³/mol. The van der Waals surface area contributed by atoms with Crippen molar-refractivity contribution in [2.24, 2.45) is 5.73 Å². The van der Waals surface area contributed by atoms with E-state index in [1.807, 2.05) is 30.3 Å². The van der Waals surface area contributed by atoms with Crippen molar-refractivity contribution in [3.8, 4) is 0 Å². The smallest absolute Gasteiger partial charge is 0.262 e. The average Bonchev–Trinajstić information content (AvgIpc) is 2.68. The number of ether oxygens (including phenoxy) is 1. The van der Waals surface area contributed by atoms with E-state index < -0.39 is 5.91 Å². The number of hydrogen-bond acceptors (Lipinski definition) is 5. The van der Waals surface area contributed by atoms with E-state index in [1.165, 1.54) is 11.8 Å². The molecule has 2 N–H and O–H groups in total. The quantitative estimate of drug-likeness (QED) is 0.367. The monoisotopic (exact) mass is 383 g/mol. The van der Waals surface area contributed by atoms with E-state index in [4.69, 9.17) is 10.5 Å². The summed E-state index contributed by atoms with van der Waals surface area (Å²) in [4.78, 5) is 28.8. The van der Waals surface area contributed by atoms with Gasteiger partial charge < -0.3 is 10.5 Å². The first-order valence-electron chi connectivity index (χ1n) is 8.60. The van der Waals surface area contributed by atoms with Gasteiger partial charge in [0.2, 0.25) is 5.91 Å². The van der Waals surface area contributed by atoms with E-state index in [0.29, 0.717) is 40.5 Å². The number of amides is 1. The molecule has 0 aliphatic carbocycles. The van der Waals surface area contributed by atoms with Crippen molar-refractivity contribution >= 4 is 28.6 Å². The zero-order valence-corrected chi connectivity index (χ0v) is 15.9. The minimum Gasteiger partial charge on any atom is -0.385 e. The van der Waals surface area contributed by atoms with Gasteiger partial charge in [0.05, 0.1) is 10.9 Å². The molecule has 0 spiro atoms. The van der Waals surface area contributed by atoms with Crippen LogP contribution in [0, 0.1) is 0 Å². The Morgan fingerprint density at radius 3 is 2.63 bits per heavy atom. The Labute approximate surface area is 161 Å². The summed E-state index contributed by atoms with van der Waals surface area (Å²) in [5.41, 5.74) is 7.43. The van der Waals surface area contributed by atoms with Crippen LogP contribution in [0.5, 0.6) is 0 Å². The molecule has 7 heteroatoms. The normalized spacial score (nSPS) is 11.0. The number of primary amides is 1. The van der Waals surface area contributed by atoms with Crippen LogP contribution < -0.4 is 11.3 Å². The third-order valence-electron chi connectivity index (χ3n) is 4.16. The maximum Gasteiger partial charge on any atom is 0.262 e. The van der Waals surface area contributed by atoms with Gasteiger partial charge in [-0.1, -0.05) is 36.0 Å². The summed E-state index contributed by atoms with van der Waals surface area (Å²) in [6.45, 7) is 1.13. The topological polar surface area (TPSA) is 87.2 Å². The largest absolute Gasteiger partial charge is 0.385 e. The van der Waals surface area contributed by atoms with Gasteiger partial charge >= 0.3 is 0 Å². The second kappa shape index (κ2) is 8.83. The van der Waals surface area contributed by atoms with Gasteiger partial charge in [0.25, 0.3) is 5.56 Å². The minimum atomic E-state index is -0.447. The van der Waals surface area contributed by atoms with Crippen molar-refractivity contribution in [1.82, 2.24) is 9.55 Å². The summed E-state index contributed by atoms with van der Waals surface area (Å²) in [6, 6.07) is 14.5. The van der Waals surface area contributed by atoms with Gasteiger partial charge in [-0.3, -0.25) is 14.2 Å². The number of methoxy groups -OCH3 is 1. The standard InChI is InChI=1S/C20H21N3O3S/c1-26-12-4-11-23-19(25)16-5-2-3-6-17(16)22-20(23)27-13-14-7-9-15(10-8-14)18(21)24/h2-3,5-10H,4,11-13H2,1H3,(H2,21,24). The van der Waals surface area contributed by atoms with Gasteiger partial charge in [-0.2, -0.15) is 0 Å². The first kappa shape index (κ1) is 19.1. The molecule has 1 heterocycles. The highest BCUT2D eigenvalue weighted by atomic mass is 32.2. The van der Waals surface area contributed by atoms with Gasteiger partial charge in [-0.15, -0.1) is 0 Å². The van der Waals surface area contributed by atoms with Crippen LogP contribution in [0.2, 0.25) is 0 Å². The first-order chi connectivity index (χ1) is 13.1. The lowest BCUT2D eigenvalue weighted by Crippen LogP contribution is -2.24. The lowest BCUT2D eigenvalue weighted by atomic mass is 10.1. The van der Waals surface area contributed by atoms with Crippen molar-refractivity contribution in [3.63, 3.8) is 0 Å². The summed E-state index contributed by atoms with van der Waals surface area (Å²) in [5.74, 6) is 0.186. The summed E-state index contributed by atoms with van der Waals surface area (Å²) in [7, 11) is 1.65. The summed E-state index contributed by atoms with van der Waals surface area (Å²) in [5, 5.41) is 1.29. The fourth-order valence-corrected chi connectivity index (χ4v) is 3.72. The second-order valence-electron chi connectivity index (χ2n) is 6.06. The van der Waals surface area contributed by atoms with Crippen LogP contribution >= 0.6 is 11.8 Å². The van der Waals surface area contributed by atoms with Crippen LogP contribution in [0.25, 0.3) is 10.9 Å².